The highest BCUT2D eigenvalue weighted by molar-refractivity contribution is 5.74. The molecule has 0 bridgehead atoms. The van der Waals surface area contributed by atoms with E-state index in [2.05, 4.69) is 11.0 Å². The summed E-state index contributed by atoms with van der Waals surface area (Å²) in [5.41, 5.74) is 0.774. The van der Waals surface area contributed by atoms with E-state index in [4.69, 9.17) is 4.74 Å². The predicted octanol–water partition coefficient (Wildman–Crippen LogP) is 4.42. The van der Waals surface area contributed by atoms with E-state index in [-0.39, 0.29) is 11.7 Å². The molecule has 1 aromatic carbocycles. The average Bonchev–Trinajstić information content (AvgIpc) is 3.23. The molecule has 4 nitrogen and oxygen atoms in total. The predicted molar refractivity (Wildman–Crippen MR) is 95.9 cm³/mol. The van der Waals surface area contributed by atoms with Crippen LogP contribution >= 0.6 is 0 Å². The number of likely N-dealkylation sites (N-methyl/N-ethyl adjacent to an activating group) is 1. The van der Waals surface area contributed by atoms with Crippen LogP contribution in [0, 0.1) is 18.3 Å². The molecule has 1 aliphatic rings. The topological polar surface area (TPSA) is 41.2 Å². The van der Waals surface area contributed by atoms with E-state index in [1.165, 1.54) is 13.0 Å². The Bertz CT molecular complexity index is 845. The van der Waals surface area contributed by atoms with Gasteiger partial charge < -0.3 is 9.30 Å². The summed E-state index contributed by atoms with van der Waals surface area (Å²) < 4.78 is 47.1. The van der Waals surface area contributed by atoms with Crippen molar-refractivity contribution in [2.24, 2.45) is 0 Å². The first kappa shape index (κ1) is 19.5. The fourth-order valence-corrected chi connectivity index (χ4v) is 3.60. The summed E-state index contributed by atoms with van der Waals surface area (Å²) in [6.07, 6.45) is 1.32. The quantitative estimate of drug-likeness (QED) is 0.774. The molecule has 1 unspecified atom stereocenters. The molecule has 0 spiro atoms. The normalized spacial score (nSPS) is 17.4. The molecule has 144 valence electrons. The molecule has 1 atom stereocenters. The van der Waals surface area contributed by atoms with E-state index in [1.54, 1.807) is 18.5 Å². The molecule has 1 fully saturated rings. The molecule has 2 aromatic rings. The van der Waals surface area contributed by atoms with E-state index in [0.29, 0.717) is 23.4 Å². The zero-order valence-corrected chi connectivity index (χ0v) is 15.4. The lowest BCUT2D eigenvalue weighted by Gasteiger charge is -2.21. The minimum absolute atomic E-state index is 0.131. The van der Waals surface area contributed by atoms with E-state index in [0.717, 1.165) is 32.1 Å². The smallest absolute Gasteiger partial charge is 0.377 e. The van der Waals surface area contributed by atoms with Gasteiger partial charge in [-0.05, 0) is 44.0 Å². The highest BCUT2D eigenvalue weighted by Crippen LogP contribution is 2.37. The van der Waals surface area contributed by atoms with Gasteiger partial charge in [0.25, 0.3) is 0 Å². The van der Waals surface area contributed by atoms with Crippen LogP contribution in [0.15, 0.2) is 30.6 Å². The Hall–Kier alpha value is -2.30. The maximum absolute atomic E-state index is 13.2. The van der Waals surface area contributed by atoms with Gasteiger partial charge in [0.2, 0.25) is 0 Å². The van der Waals surface area contributed by atoms with E-state index < -0.39 is 11.7 Å². The molecular formula is C20H22F3N3O. The Morgan fingerprint density at radius 3 is 2.70 bits per heavy atom. The van der Waals surface area contributed by atoms with Gasteiger partial charge in [0.15, 0.2) is 0 Å². The summed E-state index contributed by atoms with van der Waals surface area (Å²) in [6.45, 7) is 3.55. The van der Waals surface area contributed by atoms with Crippen LogP contribution in [0.3, 0.4) is 0 Å². The zero-order chi connectivity index (χ0) is 19.6. The second-order valence-electron chi connectivity index (χ2n) is 7.00. The summed E-state index contributed by atoms with van der Waals surface area (Å²) in [7, 11) is 1.96. The van der Waals surface area contributed by atoms with Gasteiger partial charge in [-0.1, -0.05) is 12.1 Å². The monoisotopic (exact) mass is 377 g/mol. The Morgan fingerprint density at radius 2 is 2.07 bits per heavy atom. The van der Waals surface area contributed by atoms with Gasteiger partial charge in [-0.3, -0.25) is 4.90 Å². The highest BCUT2D eigenvalue weighted by Gasteiger charge is 2.33. The van der Waals surface area contributed by atoms with Crippen LogP contribution in [-0.4, -0.2) is 35.8 Å². The standard InChI is InChI=1S/C20H22F3N3O/c1-14-17(6-3-7-19(14)20(21,22)23)18-12-26(10-15(18)9-24)13-25(2)11-16-5-4-8-27-16/h3,6-7,10,12,16H,4-5,8,11,13H2,1-2H3. The molecule has 3 rings (SSSR count). The largest absolute Gasteiger partial charge is 0.416 e. The van der Waals surface area contributed by atoms with E-state index in [1.807, 2.05) is 11.6 Å². The van der Waals surface area contributed by atoms with Gasteiger partial charge >= 0.3 is 6.18 Å². The number of aromatic nitrogens is 1. The van der Waals surface area contributed by atoms with Crippen molar-refractivity contribution in [1.82, 2.24) is 9.47 Å². The molecule has 1 saturated heterocycles. The third-order valence-electron chi connectivity index (χ3n) is 4.87. The first-order chi connectivity index (χ1) is 12.8. The summed E-state index contributed by atoms with van der Waals surface area (Å²) in [4.78, 5) is 2.08. The number of nitriles is 1. The molecule has 1 aliphatic heterocycles. The van der Waals surface area contributed by atoms with Crippen molar-refractivity contribution in [1.29, 1.82) is 5.26 Å². The minimum atomic E-state index is -4.42. The number of alkyl halides is 3. The first-order valence-electron chi connectivity index (χ1n) is 8.87. The van der Waals surface area contributed by atoms with Gasteiger partial charge in [-0.2, -0.15) is 18.4 Å². The van der Waals surface area contributed by atoms with Crippen LogP contribution in [0.1, 0.15) is 29.5 Å². The van der Waals surface area contributed by atoms with Crippen molar-refractivity contribution in [3.8, 4) is 17.2 Å². The lowest BCUT2D eigenvalue weighted by Crippen LogP contribution is -2.30. The molecule has 0 saturated carbocycles. The van der Waals surface area contributed by atoms with Gasteiger partial charge in [-0.25, -0.2) is 0 Å². The van der Waals surface area contributed by atoms with Crippen molar-refractivity contribution in [2.75, 3.05) is 20.2 Å². The highest BCUT2D eigenvalue weighted by atomic mass is 19.4. The SMILES string of the molecule is Cc1c(-c2cn(CN(C)CC3CCCO3)cc2C#N)cccc1C(F)(F)F. The third-order valence-corrected chi connectivity index (χ3v) is 4.87. The van der Waals surface area contributed by atoms with Crippen LogP contribution < -0.4 is 0 Å². The number of hydrogen-bond donors (Lipinski definition) is 0. The Morgan fingerprint density at radius 1 is 1.30 bits per heavy atom. The lowest BCUT2D eigenvalue weighted by atomic mass is 9.96. The number of ether oxygens (including phenoxy) is 1. The average molecular weight is 377 g/mol. The van der Waals surface area contributed by atoms with Crippen molar-refractivity contribution < 1.29 is 17.9 Å². The number of halogens is 3. The van der Waals surface area contributed by atoms with Crippen molar-refractivity contribution >= 4 is 0 Å². The van der Waals surface area contributed by atoms with Crippen LogP contribution in [0.25, 0.3) is 11.1 Å². The Balaban J connectivity index is 1.86. The minimum Gasteiger partial charge on any atom is -0.377 e. The van der Waals surface area contributed by atoms with Crippen LogP contribution in [0.4, 0.5) is 13.2 Å². The van der Waals surface area contributed by atoms with Gasteiger partial charge in [0, 0.05) is 31.1 Å². The summed E-state index contributed by atoms with van der Waals surface area (Å²) >= 11 is 0. The zero-order valence-electron chi connectivity index (χ0n) is 15.4. The maximum atomic E-state index is 13.2. The molecule has 7 heteroatoms. The fourth-order valence-electron chi connectivity index (χ4n) is 3.60. The third kappa shape index (κ3) is 4.34. The van der Waals surface area contributed by atoms with Gasteiger partial charge in [0.1, 0.15) is 6.07 Å². The first-order valence-corrected chi connectivity index (χ1v) is 8.87. The molecule has 0 radical (unpaired) electrons. The lowest BCUT2D eigenvalue weighted by molar-refractivity contribution is -0.138. The fraction of sp³-hybridized carbons (Fsp3) is 0.450. The Labute approximate surface area is 156 Å². The maximum Gasteiger partial charge on any atom is 0.416 e. The molecular weight excluding hydrogens is 355 g/mol. The van der Waals surface area contributed by atoms with Crippen LogP contribution in [0.5, 0.6) is 0 Å². The van der Waals surface area contributed by atoms with E-state index >= 15 is 0 Å². The number of nitrogens with zero attached hydrogens (tertiary/aromatic N) is 3. The number of hydrogen-bond acceptors (Lipinski definition) is 3. The molecule has 0 N–H and O–H groups in total. The number of rotatable bonds is 5. The van der Waals surface area contributed by atoms with Gasteiger partial charge in [-0.15, -0.1) is 0 Å². The number of benzene rings is 1. The Kier molecular flexibility index (Phi) is 5.59. The van der Waals surface area contributed by atoms with Gasteiger partial charge in [0.05, 0.1) is 23.9 Å². The van der Waals surface area contributed by atoms with Crippen LogP contribution in [-0.2, 0) is 17.6 Å². The molecule has 2 heterocycles. The van der Waals surface area contributed by atoms with Crippen molar-refractivity contribution in [2.45, 2.75) is 38.7 Å². The second-order valence-corrected chi connectivity index (χ2v) is 7.00. The van der Waals surface area contributed by atoms with Crippen LogP contribution in [0.2, 0.25) is 0 Å². The summed E-state index contributed by atoms with van der Waals surface area (Å²) in [5, 5.41) is 9.46. The second kappa shape index (κ2) is 7.75. The van der Waals surface area contributed by atoms with Crippen molar-refractivity contribution in [3.05, 3.63) is 47.3 Å². The summed E-state index contributed by atoms with van der Waals surface area (Å²) in [6, 6.07) is 6.18. The molecule has 27 heavy (non-hydrogen) atoms. The molecule has 0 aliphatic carbocycles. The molecule has 0 amide bonds. The summed E-state index contributed by atoms with van der Waals surface area (Å²) in [5.74, 6) is 0. The van der Waals surface area contributed by atoms with E-state index in [9.17, 15) is 18.4 Å². The van der Waals surface area contributed by atoms with Crippen molar-refractivity contribution in [3.63, 3.8) is 0 Å². The molecule has 1 aromatic heterocycles.